The molecular formula is C15H21NO3. The highest BCUT2D eigenvalue weighted by atomic mass is 16.4. The van der Waals surface area contributed by atoms with Gasteiger partial charge in [-0.05, 0) is 36.5 Å². The lowest BCUT2D eigenvalue weighted by Gasteiger charge is -2.41. The number of nitrogens with zero attached hydrogens (tertiary/aromatic N) is 1. The zero-order valence-corrected chi connectivity index (χ0v) is 11.7. The number of phenols is 1. The Bertz CT molecular complexity index is 469. The van der Waals surface area contributed by atoms with Gasteiger partial charge < -0.3 is 10.2 Å². The number of rotatable bonds is 4. The number of carboxylic acid groups (broad SMARTS) is 1. The molecule has 0 aliphatic carbocycles. The Balaban J connectivity index is 1.93. The first-order valence-corrected chi connectivity index (χ1v) is 6.62. The van der Waals surface area contributed by atoms with E-state index in [0.717, 1.165) is 30.8 Å². The van der Waals surface area contributed by atoms with Crippen LogP contribution >= 0.6 is 0 Å². The Morgan fingerprint density at radius 3 is 2.37 bits per heavy atom. The summed E-state index contributed by atoms with van der Waals surface area (Å²) in [6.45, 7) is 8.08. The number of hydrogen-bond donors (Lipinski definition) is 2. The van der Waals surface area contributed by atoms with Crippen molar-refractivity contribution in [1.82, 2.24) is 4.90 Å². The number of aryl methyl sites for hydroxylation is 2. The van der Waals surface area contributed by atoms with E-state index in [-0.39, 0.29) is 11.8 Å². The van der Waals surface area contributed by atoms with E-state index in [1.54, 1.807) is 6.92 Å². The van der Waals surface area contributed by atoms with Crippen LogP contribution in [0.4, 0.5) is 0 Å². The lowest BCUT2D eigenvalue weighted by atomic mass is 9.86. The van der Waals surface area contributed by atoms with Crippen molar-refractivity contribution in [1.29, 1.82) is 0 Å². The van der Waals surface area contributed by atoms with Gasteiger partial charge in [-0.15, -0.1) is 0 Å². The molecule has 1 fully saturated rings. The van der Waals surface area contributed by atoms with Crippen molar-refractivity contribution in [3.05, 3.63) is 28.8 Å². The maximum atomic E-state index is 10.9. The van der Waals surface area contributed by atoms with Crippen molar-refractivity contribution >= 4 is 5.97 Å². The first-order chi connectivity index (χ1) is 8.88. The van der Waals surface area contributed by atoms with Crippen molar-refractivity contribution in [2.75, 3.05) is 13.1 Å². The number of likely N-dealkylation sites (tertiary alicyclic amines) is 1. The van der Waals surface area contributed by atoms with E-state index in [2.05, 4.69) is 4.90 Å². The van der Waals surface area contributed by atoms with Crippen LogP contribution in [0, 0.1) is 25.7 Å². The molecule has 1 aliphatic heterocycles. The predicted molar refractivity (Wildman–Crippen MR) is 73.1 cm³/mol. The molecule has 1 unspecified atom stereocenters. The van der Waals surface area contributed by atoms with E-state index in [1.807, 2.05) is 26.0 Å². The zero-order valence-electron chi connectivity index (χ0n) is 11.7. The molecule has 1 aromatic rings. The Kier molecular flexibility index (Phi) is 3.80. The van der Waals surface area contributed by atoms with E-state index < -0.39 is 5.97 Å². The summed E-state index contributed by atoms with van der Waals surface area (Å²) in [6, 6.07) is 3.99. The van der Waals surface area contributed by atoms with Crippen LogP contribution in [0.2, 0.25) is 0 Å². The smallest absolute Gasteiger partial charge is 0.306 e. The molecule has 2 N–H and O–H groups in total. The summed E-state index contributed by atoms with van der Waals surface area (Å²) in [5, 5.41) is 18.7. The van der Waals surface area contributed by atoms with Gasteiger partial charge in [0, 0.05) is 19.6 Å². The number of hydrogen-bond acceptors (Lipinski definition) is 3. The summed E-state index contributed by atoms with van der Waals surface area (Å²) >= 11 is 0. The van der Waals surface area contributed by atoms with E-state index in [9.17, 15) is 9.90 Å². The summed E-state index contributed by atoms with van der Waals surface area (Å²) in [5.74, 6) is -0.345. The van der Waals surface area contributed by atoms with Crippen LogP contribution in [0.3, 0.4) is 0 Å². The first kappa shape index (κ1) is 13.9. The minimum absolute atomic E-state index is 0.261. The van der Waals surface area contributed by atoms with Crippen LogP contribution in [0.15, 0.2) is 12.1 Å². The molecule has 1 saturated heterocycles. The molecule has 104 valence electrons. The predicted octanol–water partition coefficient (Wildman–Crippen LogP) is 2.16. The molecule has 1 aliphatic rings. The molecular weight excluding hydrogens is 242 g/mol. The second kappa shape index (κ2) is 5.21. The van der Waals surface area contributed by atoms with Crippen molar-refractivity contribution in [3.8, 4) is 5.75 Å². The molecule has 0 saturated carbocycles. The monoisotopic (exact) mass is 263 g/mol. The third-order valence-electron chi connectivity index (χ3n) is 4.04. The molecule has 0 radical (unpaired) electrons. The normalized spacial score (nSPS) is 18.1. The van der Waals surface area contributed by atoms with Crippen LogP contribution in [0.25, 0.3) is 0 Å². The number of carbonyl (C=O) groups is 1. The van der Waals surface area contributed by atoms with Crippen LogP contribution in [0.5, 0.6) is 5.75 Å². The van der Waals surface area contributed by atoms with Gasteiger partial charge in [-0.1, -0.05) is 19.1 Å². The maximum Gasteiger partial charge on any atom is 0.306 e. The molecule has 1 aromatic carbocycles. The van der Waals surface area contributed by atoms with Gasteiger partial charge in [0.25, 0.3) is 0 Å². The van der Waals surface area contributed by atoms with Crippen LogP contribution in [0.1, 0.15) is 23.6 Å². The highest BCUT2D eigenvalue weighted by Crippen LogP contribution is 2.28. The van der Waals surface area contributed by atoms with Gasteiger partial charge in [-0.3, -0.25) is 9.69 Å². The van der Waals surface area contributed by atoms with Gasteiger partial charge in [0.05, 0.1) is 5.92 Å². The number of carboxylic acids is 1. The van der Waals surface area contributed by atoms with Crippen molar-refractivity contribution in [3.63, 3.8) is 0 Å². The zero-order chi connectivity index (χ0) is 14.2. The fourth-order valence-electron chi connectivity index (χ4n) is 2.65. The molecule has 4 nitrogen and oxygen atoms in total. The van der Waals surface area contributed by atoms with Gasteiger partial charge in [-0.25, -0.2) is 0 Å². The topological polar surface area (TPSA) is 60.8 Å². The molecule has 1 heterocycles. The fraction of sp³-hybridized carbons (Fsp3) is 0.533. The SMILES string of the molecule is Cc1cc(CN2CC(C(C)C(=O)O)C2)cc(C)c1O. The highest BCUT2D eigenvalue weighted by molar-refractivity contribution is 5.70. The Hall–Kier alpha value is -1.55. The van der Waals surface area contributed by atoms with E-state index in [4.69, 9.17) is 5.11 Å². The van der Waals surface area contributed by atoms with Gasteiger partial charge in [0.2, 0.25) is 0 Å². The van der Waals surface area contributed by atoms with Crippen molar-refractivity contribution in [2.45, 2.75) is 27.3 Å². The molecule has 19 heavy (non-hydrogen) atoms. The summed E-state index contributed by atoms with van der Waals surface area (Å²) in [6.07, 6.45) is 0. The van der Waals surface area contributed by atoms with Crippen LogP contribution in [-0.4, -0.2) is 34.2 Å². The van der Waals surface area contributed by atoms with E-state index in [1.165, 1.54) is 5.56 Å². The first-order valence-electron chi connectivity index (χ1n) is 6.62. The van der Waals surface area contributed by atoms with Crippen LogP contribution < -0.4 is 0 Å². The average molecular weight is 263 g/mol. The third kappa shape index (κ3) is 2.89. The second-order valence-electron chi connectivity index (χ2n) is 5.66. The minimum Gasteiger partial charge on any atom is -0.507 e. The van der Waals surface area contributed by atoms with E-state index >= 15 is 0 Å². The Morgan fingerprint density at radius 1 is 1.37 bits per heavy atom. The molecule has 2 rings (SSSR count). The van der Waals surface area contributed by atoms with Crippen LogP contribution in [-0.2, 0) is 11.3 Å². The standard InChI is InChI=1S/C15H21NO3/c1-9-4-12(5-10(2)14(9)17)6-16-7-13(8-16)11(3)15(18)19/h4-5,11,13,17H,6-8H2,1-3H3,(H,18,19). The van der Waals surface area contributed by atoms with Gasteiger partial charge in [-0.2, -0.15) is 0 Å². The third-order valence-corrected chi connectivity index (χ3v) is 4.04. The van der Waals surface area contributed by atoms with Gasteiger partial charge >= 0.3 is 5.97 Å². The number of benzene rings is 1. The summed E-state index contributed by atoms with van der Waals surface area (Å²) in [7, 11) is 0. The molecule has 0 spiro atoms. The van der Waals surface area contributed by atoms with Gasteiger partial charge in [0.1, 0.15) is 5.75 Å². The number of aromatic hydroxyl groups is 1. The molecule has 0 bridgehead atoms. The maximum absolute atomic E-state index is 10.9. The molecule has 0 aromatic heterocycles. The minimum atomic E-state index is -0.707. The van der Waals surface area contributed by atoms with Crippen molar-refractivity contribution in [2.24, 2.45) is 11.8 Å². The highest BCUT2D eigenvalue weighted by Gasteiger charge is 2.34. The lowest BCUT2D eigenvalue weighted by Crippen LogP contribution is -2.50. The number of aliphatic carboxylic acids is 1. The fourth-order valence-corrected chi connectivity index (χ4v) is 2.65. The molecule has 0 amide bonds. The summed E-state index contributed by atoms with van der Waals surface area (Å²) in [4.78, 5) is 13.1. The average Bonchev–Trinajstić information content (AvgIpc) is 2.29. The Labute approximate surface area is 113 Å². The van der Waals surface area contributed by atoms with Gasteiger partial charge in [0.15, 0.2) is 0 Å². The second-order valence-corrected chi connectivity index (χ2v) is 5.66. The molecule has 4 heteroatoms. The number of phenolic OH excluding ortho intramolecular Hbond substituents is 1. The van der Waals surface area contributed by atoms with E-state index in [0.29, 0.717) is 5.75 Å². The summed E-state index contributed by atoms with van der Waals surface area (Å²) in [5.41, 5.74) is 2.96. The molecule has 1 atom stereocenters. The quantitative estimate of drug-likeness (QED) is 0.874. The Morgan fingerprint density at radius 2 is 1.89 bits per heavy atom. The lowest BCUT2D eigenvalue weighted by molar-refractivity contribution is -0.145. The summed E-state index contributed by atoms with van der Waals surface area (Å²) < 4.78 is 0. The largest absolute Gasteiger partial charge is 0.507 e. The van der Waals surface area contributed by atoms with Crippen molar-refractivity contribution < 1.29 is 15.0 Å².